The molecular weight excluding hydrogens is 402 g/mol. The van der Waals surface area contributed by atoms with Crippen molar-refractivity contribution in [3.8, 4) is 0 Å². The average molecular weight is 438 g/mol. The number of nitrogens with one attached hydrogen (secondary N) is 1. The molecule has 2 N–H and O–H groups in total. The van der Waals surface area contributed by atoms with Gasteiger partial charge in [-0.3, -0.25) is 9.59 Å². The van der Waals surface area contributed by atoms with Crippen LogP contribution >= 0.6 is 0 Å². The molecule has 0 amide bonds. The Labute approximate surface area is 190 Å². The molecule has 172 valence electrons. The Kier molecular flexibility index (Phi) is 5.23. The van der Waals surface area contributed by atoms with Crippen LogP contribution in [0.15, 0.2) is 36.0 Å². The Morgan fingerprint density at radius 2 is 1.94 bits per heavy atom. The number of aliphatic hydroxyl groups is 1. The number of methoxy groups -OCH3 is 1. The molecule has 1 aromatic rings. The number of rotatable bonds is 2. The topological polar surface area (TPSA) is 75.6 Å². The minimum Gasteiger partial charge on any atom is -0.469 e. The molecule has 7 atom stereocenters. The van der Waals surface area contributed by atoms with Gasteiger partial charge in [-0.05, 0) is 93.1 Å². The quantitative estimate of drug-likeness (QED) is 0.505. The maximum Gasteiger partial charge on any atom is 0.312 e. The van der Waals surface area contributed by atoms with Crippen molar-refractivity contribution in [2.45, 2.75) is 64.9 Å². The molecule has 5 heteroatoms. The number of allylic oxidation sites excluding steroid dienone is 2. The molecule has 3 aliphatic carbocycles. The monoisotopic (exact) mass is 437 g/mol. The summed E-state index contributed by atoms with van der Waals surface area (Å²) in [5.41, 5.74) is 1.68. The number of esters is 1. The largest absolute Gasteiger partial charge is 0.469 e. The fourth-order valence-electron chi connectivity index (χ4n) is 7.70. The highest BCUT2D eigenvalue weighted by molar-refractivity contribution is 6.18. The molecule has 5 rings (SSSR count). The summed E-state index contributed by atoms with van der Waals surface area (Å²) in [5, 5.41) is 13.6. The van der Waals surface area contributed by atoms with Crippen molar-refractivity contribution in [3.63, 3.8) is 0 Å². The minimum atomic E-state index is -0.642. The Hall–Kier alpha value is -2.14. The molecule has 0 saturated heterocycles. The summed E-state index contributed by atoms with van der Waals surface area (Å²) in [6.45, 7) is 4.45. The van der Waals surface area contributed by atoms with E-state index in [4.69, 9.17) is 4.74 Å². The van der Waals surface area contributed by atoms with Gasteiger partial charge in [0.15, 0.2) is 0 Å². The molecule has 32 heavy (non-hydrogen) atoms. The van der Waals surface area contributed by atoms with Crippen LogP contribution in [0, 0.1) is 34.5 Å². The van der Waals surface area contributed by atoms with Crippen molar-refractivity contribution in [2.24, 2.45) is 34.5 Å². The third kappa shape index (κ3) is 3.15. The van der Waals surface area contributed by atoms with Crippen molar-refractivity contribution in [1.29, 1.82) is 0 Å². The number of benzene rings is 1. The molecule has 3 saturated carbocycles. The van der Waals surface area contributed by atoms with Gasteiger partial charge in [0.25, 0.3) is 0 Å². The first-order chi connectivity index (χ1) is 15.3. The number of para-hydroxylation sites is 1. The predicted octanol–water partition coefficient (Wildman–Crippen LogP) is 4.96. The third-order valence-corrected chi connectivity index (χ3v) is 9.57. The van der Waals surface area contributed by atoms with Crippen LogP contribution in [0.1, 0.15) is 69.2 Å². The highest BCUT2D eigenvalue weighted by Crippen LogP contribution is 2.63. The van der Waals surface area contributed by atoms with Gasteiger partial charge in [-0.25, -0.2) is 0 Å². The number of fused-ring (bicyclic) bond motifs is 4. The van der Waals surface area contributed by atoms with Gasteiger partial charge in [0, 0.05) is 11.3 Å². The highest BCUT2D eigenvalue weighted by atomic mass is 16.5. The van der Waals surface area contributed by atoms with Crippen LogP contribution in [-0.4, -0.2) is 30.1 Å². The zero-order chi connectivity index (χ0) is 22.7. The number of aliphatic hydroxyl groups excluding tert-OH is 1. The molecule has 4 aliphatic rings. The molecule has 1 aromatic carbocycles. The van der Waals surface area contributed by atoms with E-state index in [1.54, 1.807) is 0 Å². The zero-order valence-electron chi connectivity index (χ0n) is 19.4. The highest BCUT2D eigenvalue weighted by Gasteiger charge is 2.58. The first kappa shape index (κ1) is 21.7. The number of anilines is 1. The van der Waals surface area contributed by atoms with Gasteiger partial charge >= 0.3 is 5.97 Å². The Balaban J connectivity index is 1.53. The van der Waals surface area contributed by atoms with Gasteiger partial charge in [-0.2, -0.15) is 0 Å². The fraction of sp³-hybridized carbons (Fsp3) is 0.630. The first-order valence-corrected chi connectivity index (χ1v) is 12.2. The minimum absolute atomic E-state index is 0.00984. The molecule has 0 bridgehead atoms. The second-order valence-electron chi connectivity index (χ2n) is 11.0. The van der Waals surface area contributed by atoms with Crippen LogP contribution in [0.25, 0.3) is 0 Å². The Morgan fingerprint density at radius 1 is 1.16 bits per heavy atom. The number of carbonyl (C=O) groups is 2. The van der Waals surface area contributed by atoms with Crippen LogP contribution in [0.3, 0.4) is 0 Å². The van der Waals surface area contributed by atoms with Crippen molar-refractivity contribution in [3.05, 3.63) is 41.6 Å². The molecule has 1 aliphatic heterocycles. The molecule has 7 unspecified atom stereocenters. The summed E-state index contributed by atoms with van der Waals surface area (Å²) >= 11 is 0. The van der Waals surface area contributed by atoms with Crippen molar-refractivity contribution < 1.29 is 19.4 Å². The van der Waals surface area contributed by atoms with Gasteiger partial charge < -0.3 is 15.2 Å². The van der Waals surface area contributed by atoms with Gasteiger partial charge in [0.2, 0.25) is 5.78 Å². The summed E-state index contributed by atoms with van der Waals surface area (Å²) in [5.74, 6) is 1.14. The van der Waals surface area contributed by atoms with Gasteiger partial charge in [0.1, 0.15) is 0 Å². The zero-order valence-corrected chi connectivity index (χ0v) is 19.4. The fourth-order valence-corrected chi connectivity index (χ4v) is 7.70. The third-order valence-electron chi connectivity index (χ3n) is 9.57. The molecule has 0 aromatic heterocycles. The van der Waals surface area contributed by atoms with Crippen molar-refractivity contribution >= 4 is 17.4 Å². The van der Waals surface area contributed by atoms with Crippen LogP contribution in [0.2, 0.25) is 0 Å². The Morgan fingerprint density at radius 3 is 2.69 bits per heavy atom. The average Bonchev–Trinajstić information content (AvgIpc) is 3.11. The molecular formula is C27H35NO4. The van der Waals surface area contributed by atoms with E-state index in [0.717, 1.165) is 50.6 Å². The number of ether oxygens (including phenoxy) is 1. The maximum atomic E-state index is 13.1. The number of Topliss-reactive ketones (excluding diaryl/α,β-unsaturated/α-hetero) is 1. The van der Waals surface area contributed by atoms with E-state index in [2.05, 4.69) is 18.3 Å². The molecule has 3 fully saturated rings. The first-order valence-electron chi connectivity index (χ1n) is 12.2. The summed E-state index contributed by atoms with van der Waals surface area (Å²) in [7, 11) is 1.47. The van der Waals surface area contributed by atoms with Gasteiger partial charge in [-0.1, -0.05) is 25.1 Å². The van der Waals surface area contributed by atoms with Crippen molar-refractivity contribution in [2.75, 3.05) is 12.4 Å². The van der Waals surface area contributed by atoms with E-state index >= 15 is 0 Å². The number of ketones is 1. The Bertz CT molecular complexity index is 970. The van der Waals surface area contributed by atoms with Gasteiger partial charge in [-0.15, -0.1) is 0 Å². The molecule has 0 radical (unpaired) electrons. The lowest BCUT2D eigenvalue weighted by atomic mass is 9.44. The van der Waals surface area contributed by atoms with E-state index < -0.39 is 5.41 Å². The van der Waals surface area contributed by atoms with Crippen LogP contribution in [0.4, 0.5) is 5.69 Å². The van der Waals surface area contributed by atoms with Crippen LogP contribution < -0.4 is 5.32 Å². The smallest absolute Gasteiger partial charge is 0.312 e. The summed E-state index contributed by atoms with van der Waals surface area (Å²) in [6.07, 6.45) is 8.57. The number of hydrogen-bond donors (Lipinski definition) is 2. The van der Waals surface area contributed by atoms with E-state index in [1.165, 1.54) is 7.11 Å². The standard InChI is InChI=1S/C27H35NO4/c1-26-12-10-17(29)14-16(26)8-9-18-20(26)11-13-27(2,25(31)32-3)21(18)15-23-24(30)19-6-4-5-7-22(19)28-23/h4-7,15-18,20-21,28-29H,8-14H2,1-3H3. The van der Waals surface area contributed by atoms with Crippen LogP contribution in [0.5, 0.6) is 0 Å². The summed E-state index contributed by atoms with van der Waals surface area (Å²) < 4.78 is 5.30. The lowest BCUT2D eigenvalue weighted by Crippen LogP contribution is -2.55. The lowest BCUT2D eigenvalue weighted by molar-refractivity contribution is -0.168. The number of carbonyl (C=O) groups excluding carboxylic acids is 2. The summed E-state index contributed by atoms with van der Waals surface area (Å²) in [6, 6.07) is 7.60. The van der Waals surface area contributed by atoms with E-state index in [9.17, 15) is 14.7 Å². The second kappa shape index (κ2) is 7.72. The van der Waals surface area contributed by atoms with Crippen LogP contribution in [-0.2, 0) is 9.53 Å². The SMILES string of the molecule is COC(=O)C1(C)CCC2C(CCC3CC(O)CCC32C)C1C=C1Nc2ccccc2C1=O. The van der Waals surface area contributed by atoms with E-state index in [-0.39, 0.29) is 29.2 Å². The predicted molar refractivity (Wildman–Crippen MR) is 123 cm³/mol. The molecule has 0 spiro atoms. The van der Waals surface area contributed by atoms with Crippen molar-refractivity contribution in [1.82, 2.24) is 0 Å². The lowest BCUT2D eigenvalue weighted by Gasteiger charge is -2.60. The molecule has 1 heterocycles. The summed E-state index contributed by atoms with van der Waals surface area (Å²) in [4.78, 5) is 26.2. The van der Waals surface area contributed by atoms with Gasteiger partial charge in [0.05, 0.1) is 24.3 Å². The second-order valence-corrected chi connectivity index (χ2v) is 11.0. The molecule has 5 nitrogen and oxygen atoms in total. The van der Waals surface area contributed by atoms with E-state index in [0.29, 0.717) is 29.0 Å². The maximum absolute atomic E-state index is 13.1. The number of hydrogen-bond acceptors (Lipinski definition) is 5. The van der Waals surface area contributed by atoms with E-state index in [1.807, 2.05) is 31.2 Å². The normalized spacial score (nSPS) is 41.9.